The Morgan fingerprint density at radius 2 is 1.79 bits per heavy atom. The molecule has 19 heavy (non-hydrogen) atoms. The molecule has 0 unspecified atom stereocenters. The van der Waals surface area contributed by atoms with Gasteiger partial charge < -0.3 is 10.5 Å². The third-order valence-electron chi connectivity index (χ3n) is 2.83. The van der Waals surface area contributed by atoms with Crippen molar-refractivity contribution in [3.05, 3.63) is 65.2 Å². The Labute approximate surface area is 110 Å². The van der Waals surface area contributed by atoms with Gasteiger partial charge in [0.2, 0.25) is 0 Å². The smallest absolute Gasteiger partial charge is 0.165 e. The molecule has 0 aliphatic carbocycles. The van der Waals surface area contributed by atoms with E-state index in [-0.39, 0.29) is 18.2 Å². The molecule has 0 aliphatic rings. The van der Waals surface area contributed by atoms with Gasteiger partial charge in [-0.3, -0.25) is 0 Å². The van der Waals surface area contributed by atoms with Crippen LogP contribution in [0.25, 0.3) is 0 Å². The molecule has 0 saturated carbocycles. The summed E-state index contributed by atoms with van der Waals surface area (Å²) in [6.45, 7) is 1.87. The van der Waals surface area contributed by atoms with Crippen molar-refractivity contribution in [2.75, 3.05) is 0 Å². The van der Waals surface area contributed by atoms with Crippen LogP contribution in [0.5, 0.6) is 5.75 Å². The van der Waals surface area contributed by atoms with Gasteiger partial charge >= 0.3 is 0 Å². The highest BCUT2D eigenvalue weighted by Crippen LogP contribution is 2.18. The van der Waals surface area contributed by atoms with Gasteiger partial charge in [-0.2, -0.15) is 0 Å². The predicted molar refractivity (Wildman–Crippen MR) is 69.7 cm³/mol. The van der Waals surface area contributed by atoms with Crippen LogP contribution >= 0.6 is 0 Å². The van der Waals surface area contributed by atoms with Crippen LogP contribution in [0.2, 0.25) is 0 Å². The first-order valence-electron chi connectivity index (χ1n) is 5.99. The Morgan fingerprint density at radius 3 is 2.42 bits per heavy atom. The van der Waals surface area contributed by atoms with E-state index in [0.717, 1.165) is 11.6 Å². The Bertz CT molecular complexity index is 553. The third-order valence-corrected chi connectivity index (χ3v) is 2.83. The maximum atomic E-state index is 13.4. The molecule has 0 amide bonds. The van der Waals surface area contributed by atoms with E-state index in [0.29, 0.717) is 5.75 Å². The normalized spacial score (nSPS) is 12.2. The lowest BCUT2D eigenvalue weighted by atomic mass is 10.1. The molecule has 2 N–H and O–H groups in total. The number of rotatable bonds is 4. The van der Waals surface area contributed by atoms with E-state index < -0.39 is 11.6 Å². The molecule has 100 valence electrons. The van der Waals surface area contributed by atoms with Crippen molar-refractivity contribution in [3.8, 4) is 5.75 Å². The lowest BCUT2D eigenvalue weighted by Gasteiger charge is -2.09. The number of nitrogens with two attached hydrogens (primary N) is 1. The number of halogens is 2. The summed E-state index contributed by atoms with van der Waals surface area (Å²) in [4.78, 5) is 0. The molecule has 0 spiro atoms. The third kappa shape index (κ3) is 3.29. The Kier molecular flexibility index (Phi) is 4.12. The number of benzene rings is 2. The highest BCUT2D eigenvalue weighted by molar-refractivity contribution is 5.29. The van der Waals surface area contributed by atoms with Crippen LogP contribution in [-0.4, -0.2) is 0 Å². The maximum Gasteiger partial charge on any atom is 0.165 e. The topological polar surface area (TPSA) is 35.2 Å². The Balaban J connectivity index is 2.04. The summed E-state index contributed by atoms with van der Waals surface area (Å²) in [5.74, 6) is -1.14. The second kappa shape index (κ2) is 5.80. The van der Waals surface area contributed by atoms with Crippen molar-refractivity contribution in [1.29, 1.82) is 0 Å². The van der Waals surface area contributed by atoms with Crippen molar-refractivity contribution in [2.24, 2.45) is 5.73 Å². The summed E-state index contributed by atoms with van der Waals surface area (Å²) in [6, 6.07) is 11.2. The maximum absolute atomic E-state index is 13.4. The van der Waals surface area contributed by atoms with Crippen molar-refractivity contribution in [3.63, 3.8) is 0 Å². The highest BCUT2D eigenvalue weighted by atomic mass is 19.2. The average Bonchev–Trinajstić information content (AvgIpc) is 2.41. The lowest BCUT2D eigenvalue weighted by Crippen LogP contribution is -2.05. The first kappa shape index (κ1) is 13.5. The molecule has 0 fully saturated rings. The quantitative estimate of drug-likeness (QED) is 0.915. The molecule has 0 bridgehead atoms. The second-order valence-corrected chi connectivity index (χ2v) is 4.36. The first-order valence-corrected chi connectivity index (χ1v) is 5.99. The van der Waals surface area contributed by atoms with Gasteiger partial charge in [-0.05, 0) is 30.7 Å². The van der Waals surface area contributed by atoms with Crippen LogP contribution in [0.15, 0.2) is 42.5 Å². The standard InChI is InChI=1S/C15H15F2NO/c1-10(18)11-5-7-13(8-6-11)19-9-12-3-2-4-14(16)15(12)17/h2-8,10H,9,18H2,1H3/t10-/m1/s1. The van der Waals surface area contributed by atoms with E-state index in [1.165, 1.54) is 12.1 Å². The molecule has 0 aliphatic heterocycles. The van der Waals surface area contributed by atoms with Gasteiger partial charge in [-0.15, -0.1) is 0 Å². The molecule has 2 aromatic carbocycles. The summed E-state index contributed by atoms with van der Waals surface area (Å²) in [6.07, 6.45) is 0. The van der Waals surface area contributed by atoms with Crippen molar-refractivity contribution >= 4 is 0 Å². The van der Waals surface area contributed by atoms with Crippen LogP contribution < -0.4 is 10.5 Å². The Morgan fingerprint density at radius 1 is 1.11 bits per heavy atom. The Hall–Kier alpha value is -1.94. The fourth-order valence-electron chi connectivity index (χ4n) is 1.69. The van der Waals surface area contributed by atoms with E-state index in [1.54, 1.807) is 12.1 Å². The van der Waals surface area contributed by atoms with Crippen LogP contribution in [0.3, 0.4) is 0 Å². The molecule has 2 nitrogen and oxygen atoms in total. The van der Waals surface area contributed by atoms with E-state index in [1.807, 2.05) is 19.1 Å². The summed E-state index contributed by atoms with van der Waals surface area (Å²) in [5.41, 5.74) is 6.91. The van der Waals surface area contributed by atoms with Crippen LogP contribution in [-0.2, 0) is 6.61 Å². The second-order valence-electron chi connectivity index (χ2n) is 4.36. The minimum Gasteiger partial charge on any atom is -0.489 e. The fourth-order valence-corrected chi connectivity index (χ4v) is 1.69. The van der Waals surface area contributed by atoms with Crippen molar-refractivity contribution in [1.82, 2.24) is 0 Å². The highest BCUT2D eigenvalue weighted by Gasteiger charge is 2.08. The van der Waals surface area contributed by atoms with E-state index in [9.17, 15) is 8.78 Å². The molecule has 2 rings (SSSR count). The average molecular weight is 263 g/mol. The van der Waals surface area contributed by atoms with E-state index >= 15 is 0 Å². The summed E-state index contributed by atoms with van der Waals surface area (Å²) >= 11 is 0. The summed E-state index contributed by atoms with van der Waals surface area (Å²) in [7, 11) is 0. The summed E-state index contributed by atoms with van der Waals surface area (Å²) < 4.78 is 31.8. The number of hydrogen-bond acceptors (Lipinski definition) is 2. The lowest BCUT2D eigenvalue weighted by molar-refractivity contribution is 0.297. The molecule has 1 atom stereocenters. The van der Waals surface area contributed by atoms with Crippen LogP contribution in [0, 0.1) is 11.6 Å². The zero-order valence-corrected chi connectivity index (χ0v) is 10.6. The van der Waals surface area contributed by atoms with E-state index in [4.69, 9.17) is 10.5 Å². The van der Waals surface area contributed by atoms with Crippen LogP contribution in [0.4, 0.5) is 8.78 Å². The molecule has 4 heteroatoms. The molecular formula is C15H15F2NO. The molecule has 0 aromatic heterocycles. The molecule has 2 aromatic rings. The van der Waals surface area contributed by atoms with Crippen molar-refractivity contribution < 1.29 is 13.5 Å². The minimum atomic E-state index is -0.867. The minimum absolute atomic E-state index is 0.0128. The number of ether oxygens (including phenoxy) is 1. The van der Waals surface area contributed by atoms with Gasteiger partial charge in [-0.1, -0.05) is 24.3 Å². The largest absolute Gasteiger partial charge is 0.489 e. The van der Waals surface area contributed by atoms with Gasteiger partial charge in [0, 0.05) is 11.6 Å². The van der Waals surface area contributed by atoms with Crippen molar-refractivity contribution in [2.45, 2.75) is 19.6 Å². The molecular weight excluding hydrogens is 248 g/mol. The predicted octanol–water partition coefficient (Wildman–Crippen LogP) is 3.56. The van der Waals surface area contributed by atoms with E-state index in [2.05, 4.69) is 0 Å². The van der Waals surface area contributed by atoms with Gasteiger partial charge in [0.25, 0.3) is 0 Å². The zero-order valence-electron chi connectivity index (χ0n) is 10.6. The first-order chi connectivity index (χ1) is 9.08. The zero-order chi connectivity index (χ0) is 13.8. The SMILES string of the molecule is C[C@@H](N)c1ccc(OCc2cccc(F)c2F)cc1. The van der Waals surface area contributed by atoms with Gasteiger partial charge in [0.15, 0.2) is 11.6 Å². The van der Waals surface area contributed by atoms with Crippen LogP contribution in [0.1, 0.15) is 24.1 Å². The molecule has 0 radical (unpaired) electrons. The molecule has 0 heterocycles. The van der Waals surface area contributed by atoms with Gasteiger partial charge in [0.1, 0.15) is 12.4 Å². The van der Waals surface area contributed by atoms with Gasteiger partial charge in [-0.25, -0.2) is 8.78 Å². The number of hydrogen-bond donors (Lipinski definition) is 1. The summed E-state index contributed by atoms with van der Waals surface area (Å²) in [5, 5.41) is 0. The van der Waals surface area contributed by atoms with Gasteiger partial charge in [0.05, 0.1) is 0 Å². The molecule has 0 saturated heterocycles. The fraction of sp³-hybridized carbons (Fsp3) is 0.200. The monoisotopic (exact) mass is 263 g/mol.